The van der Waals surface area contributed by atoms with E-state index >= 15 is 0 Å². The van der Waals surface area contributed by atoms with Crippen molar-refractivity contribution in [1.29, 1.82) is 0 Å². The molecule has 0 saturated carbocycles. The molecular weight excluding hydrogens is 284 g/mol. The summed E-state index contributed by atoms with van der Waals surface area (Å²) in [6.45, 7) is 3.37. The molecule has 1 saturated heterocycles. The fraction of sp³-hybridized carbons (Fsp3) is 0.562. The third-order valence-electron chi connectivity index (χ3n) is 3.72. The van der Waals surface area contributed by atoms with E-state index in [1.165, 1.54) is 0 Å². The van der Waals surface area contributed by atoms with Crippen molar-refractivity contribution in [3.8, 4) is 5.75 Å². The van der Waals surface area contributed by atoms with Crippen LogP contribution in [0.2, 0.25) is 0 Å². The Balaban J connectivity index is 1.82. The molecule has 1 atom stereocenters. The number of amides is 1. The van der Waals surface area contributed by atoms with E-state index in [2.05, 4.69) is 5.32 Å². The van der Waals surface area contributed by atoms with E-state index in [0.29, 0.717) is 39.4 Å². The molecule has 1 aliphatic heterocycles. The van der Waals surface area contributed by atoms with Crippen LogP contribution in [0.15, 0.2) is 24.3 Å². The van der Waals surface area contributed by atoms with Gasteiger partial charge in [0.25, 0.3) is 0 Å². The van der Waals surface area contributed by atoms with Crippen LogP contribution in [-0.2, 0) is 16.1 Å². The fourth-order valence-electron chi connectivity index (χ4n) is 2.51. The quantitative estimate of drug-likeness (QED) is 0.788. The topological polar surface area (TPSA) is 71.0 Å². The van der Waals surface area contributed by atoms with Crippen LogP contribution >= 0.6 is 0 Å². The molecule has 0 aromatic heterocycles. The minimum atomic E-state index is -0.0375. The van der Waals surface area contributed by atoms with Crippen molar-refractivity contribution in [3.63, 3.8) is 0 Å². The Labute approximate surface area is 131 Å². The maximum atomic E-state index is 12.1. The summed E-state index contributed by atoms with van der Waals surface area (Å²) in [4.78, 5) is 14.1. The second-order valence-corrected chi connectivity index (χ2v) is 5.45. The van der Waals surface area contributed by atoms with Gasteiger partial charge in [-0.05, 0) is 6.07 Å². The van der Waals surface area contributed by atoms with Gasteiger partial charge < -0.3 is 19.9 Å². The highest BCUT2D eigenvalue weighted by Gasteiger charge is 2.19. The summed E-state index contributed by atoms with van der Waals surface area (Å²) in [5.41, 5.74) is 0.950. The summed E-state index contributed by atoms with van der Waals surface area (Å²) in [5.74, 6) is 0.806. The SMILES string of the molecule is COc1ccccc1CNC(=O)CN1CCOC[C@@H](CO)C1. The number of para-hydroxylation sites is 1. The predicted octanol–water partition coefficient (Wildman–Crippen LogP) is 0.252. The lowest BCUT2D eigenvalue weighted by Crippen LogP contribution is -2.40. The number of methoxy groups -OCH3 is 1. The van der Waals surface area contributed by atoms with E-state index in [9.17, 15) is 9.90 Å². The molecule has 0 bridgehead atoms. The molecule has 22 heavy (non-hydrogen) atoms. The van der Waals surface area contributed by atoms with Crippen LogP contribution in [0.5, 0.6) is 5.75 Å². The van der Waals surface area contributed by atoms with Crippen LogP contribution in [0.4, 0.5) is 0 Å². The molecule has 0 unspecified atom stereocenters. The first-order valence-corrected chi connectivity index (χ1v) is 7.52. The Morgan fingerprint density at radius 3 is 3.09 bits per heavy atom. The Morgan fingerprint density at radius 1 is 1.50 bits per heavy atom. The van der Waals surface area contributed by atoms with Gasteiger partial charge in [0, 0.05) is 37.7 Å². The summed E-state index contributed by atoms with van der Waals surface area (Å²) in [7, 11) is 1.62. The molecule has 0 aliphatic carbocycles. The summed E-state index contributed by atoms with van der Waals surface area (Å²) in [6, 6.07) is 7.62. The smallest absolute Gasteiger partial charge is 0.234 e. The number of carbonyl (C=O) groups is 1. The molecule has 2 N–H and O–H groups in total. The van der Waals surface area contributed by atoms with Gasteiger partial charge in [-0.3, -0.25) is 9.69 Å². The molecule has 1 aromatic rings. The van der Waals surface area contributed by atoms with Crippen molar-refractivity contribution >= 4 is 5.91 Å². The minimum absolute atomic E-state index is 0.0375. The van der Waals surface area contributed by atoms with Crippen molar-refractivity contribution in [2.75, 3.05) is 46.6 Å². The Bertz CT molecular complexity index is 481. The molecule has 0 spiro atoms. The lowest BCUT2D eigenvalue weighted by atomic mass is 10.1. The number of benzene rings is 1. The average molecular weight is 308 g/mol. The zero-order chi connectivity index (χ0) is 15.8. The molecule has 1 fully saturated rings. The van der Waals surface area contributed by atoms with E-state index in [4.69, 9.17) is 9.47 Å². The Kier molecular flexibility index (Phi) is 6.64. The van der Waals surface area contributed by atoms with Gasteiger partial charge in [0.1, 0.15) is 5.75 Å². The van der Waals surface area contributed by atoms with Crippen LogP contribution in [-0.4, -0.2) is 62.5 Å². The molecule has 6 heteroatoms. The zero-order valence-corrected chi connectivity index (χ0v) is 13.0. The van der Waals surface area contributed by atoms with Gasteiger partial charge in [0.05, 0.1) is 26.9 Å². The van der Waals surface area contributed by atoms with Gasteiger partial charge in [-0.15, -0.1) is 0 Å². The number of nitrogens with one attached hydrogen (secondary N) is 1. The monoisotopic (exact) mass is 308 g/mol. The number of aliphatic hydroxyl groups excluding tert-OH is 1. The van der Waals surface area contributed by atoms with Gasteiger partial charge in [-0.25, -0.2) is 0 Å². The van der Waals surface area contributed by atoms with E-state index in [-0.39, 0.29) is 18.4 Å². The van der Waals surface area contributed by atoms with Crippen molar-refractivity contribution < 1.29 is 19.4 Å². The Morgan fingerprint density at radius 2 is 2.32 bits per heavy atom. The molecule has 122 valence electrons. The first kappa shape index (κ1) is 16.7. The van der Waals surface area contributed by atoms with Gasteiger partial charge in [0.2, 0.25) is 5.91 Å². The molecule has 1 aliphatic rings. The molecule has 0 radical (unpaired) electrons. The number of aliphatic hydroxyl groups is 1. The average Bonchev–Trinajstić information content (AvgIpc) is 2.78. The third-order valence-corrected chi connectivity index (χ3v) is 3.72. The maximum Gasteiger partial charge on any atom is 0.234 e. The summed E-state index contributed by atoms with van der Waals surface area (Å²) in [6.07, 6.45) is 0. The third kappa shape index (κ3) is 4.98. The van der Waals surface area contributed by atoms with Crippen molar-refractivity contribution in [2.45, 2.75) is 6.54 Å². The second kappa shape index (κ2) is 8.73. The van der Waals surface area contributed by atoms with Gasteiger partial charge in [-0.1, -0.05) is 18.2 Å². The van der Waals surface area contributed by atoms with Crippen LogP contribution in [0.25, 0.3) is 0 Å². The number of hydrogen-bond acceptors (Lipinski definition) is 5. The maximum absolute atomic E-state index is 12.1. The highest BCUT2D eigenvalue weighted by molar-refractivity contribution is 5.78. The number of carbonyl (C=O) groups excluding carboxylic acids is 1. The van der Waals surface area contributed by atoms with Crippen molar-refractivity contribution in [1.82, 2.24) is 10.2 Å². The lowest BCUT2D eigenvalue weighted by molar-refractivity contribution is -0.122. The minimum Gasteiger partial charge on any atom is -0.496 e. The highest BCUT2D eigenvalue weighted by atomic mass is 16.5. The second-order valence-electron chi connectivity index (χ2n) is 5.45. The number of rotatable bonds is 6. The van der Waals surface area contributed by atoms with Crippen molar-refractivity contribution in [2.24, 2.45) is 5.92 Å². The van der Waals surface area contributed by atoms with Gasteiger partial charge >= 0.3 is 0 Å². The largest absolute Gasteiger partial charge is 0.496 e. The van der Waals surface area contributed by atoms with E-state index < -0.39 is 0 Å². The Hall–Kier alpha value is -1.63. The first-order valence-electron chi connectivity index (χ1n) is 7.52. The van der Waals surface area contributed by atoms with Crippen LogP contribution in [0.1, 0.15) is 5.56 Å². The van der Waals surface area contributed by atoms with E-state index in [1.54, 1.807) is 7.11 Å². The number of nitrogens with zero attached hydrogens (tertiary/aromatic N) is 1. The lowest BCUT2D eigenvalue weighted by Gasteiger charge is -2.21. The van der Waals surface area contributed by atoms with Crippen LogP contribution in [0.3, 0.4) is 0 Å². The fourth-order valence-corrected chi connectivity index (χ4v) is 2.51. The zero-order valence-electron chi connectivity index (χ0n) is 13.0. The number of hydrogen-bond donors (Lipinski definition) is 2. The summed E-state index contributed by atoms with van der Waals surface area (Å²) < 4.78 is 10.7. The molecule has 2 rings (SSSR count). The predicted molar refractivity (Wildman–Crippen MR) is 82.7 cm³/mol. The molecular formula is C16H24N2O4. The normalized spacial score (nSPS) is 19.5. The van der Waals surface area contributed by atoms with E-state index in [0.717, 1.165) is 11.3 Å². The first-order chi connectivity index (χ1) is 10.7. The van der Waals surface area contributed by atoms with E-state index in [1.807, 2.05) is 29.2 Å². The summed E-state index contributed by atoms with van der Waals surface area (Å²) in [5, 5.41) is 12.2. The van der Waals surface area contributed by atoms with Crippen molar-refractivity contribution in [3.05, 3.63) is 29.8 Å². The standard InChI is InChI=1S/C16H24N2O4/c1-21-15-5-3-2-4-14(15)8-17-16(20)10-18-6-7-22-12-13(9-18)11-19/h2-5,13,19H,6-12H2,1H3,(H,17,20)/t13-/m1/s1. The van der Waals surface area contributed by atoms with Crippen LogP contribution in [0, 0.1) is 5.92 Å². The molecule has 1 amide bonds. The number of ether oxygens (including phenoxy) is 2. The summed E-state index contributed by atoms with van der Waals surface area (Å²) >= 11 is 0. The molecule has 1 heterocycles. The molecule has 6 nitrogen and oxygen atoms in total. The van der Waals surface area contributed by atoms with Gasteiger partial charge in [-0.2, -0.15) is 0 Å². The molecule has 1 aromatic carbocycles. The highest BCUT2D eigenvalue weighted by Crippen LogP contribution is 2.16. The van der Waals surface area contributed by atoms with Crippen LogP contribution < -0.4 is 10.1 Å². The van der Waals surface area contributed by atoms with Gasteiger partial charge in [0.15, 0.2) is 0 Å².